The summed E-state index contributed by atoms with van der Waals surface area (Å²) < 4.78 is 1.80. The van der Waals surface area contributed by atoms with Crippen LogP contribution in [0.5, 0.6) is 0 Å². The molecule has 84 valence electrons. The number of aromatic nitrogens is 4. The second-order valence-corrected chi connectivity index (χ2v) is 4.24. The van der Waals surface area contributed by atoms with Gasteiger partial charge in [-0.05, 0) is 34.9 Å². The van der Waals surface area contributed by atoms with Gasteiger partial charge in [0.15, 0.2) is 5.82 Å². The van der Waals surface area contributed by atoms with Crippen LogP contribution in [0.15, 0.2) is 24.3 Å². The van der Waals surface area contributed by atoms with Crippen LogP contribution in [0.4, 0.5) is 0 Å². The smallest absolute Gasteiger partial charge is 0.154 e. The minimum atomic E-state index is 0.513. The van der Waals surface area contributed by atoms with Crippen molar-refractivity contribution in [1.29, 1.82) is 5.26 Å². The van der Waals surface area contributed by atoms with Gasteiger partial charge in [0, 0.05) is 5.92 Å². The highest BCUT2D eigenvalue weighted by molar-refractivity contribution is 5.37. The molecule has 0 bridgehead atoms. The molecule has 0 atom stereocenters. The molecule has 0 saturated heterocycles. The number of hydrogen-bond donors (Lipinski definition) is 0. The van der Waals surface area contributed by atoms with Gasteiger partial charge in [0.2, 0.25) is 0 Å². The van der Waals surface area contributed by atoms with Crippen molar-refractivity contribution >= 4 is 0 Å². The summed E-state index contributed by atoms with van der Waals surface area (Å²) in [7, 11) is 0. The summed E-state index contributed by atoms with van der Waals surface area (Å²) >= 11 is 0. The molecule has 1 aliphatic rings. The van der Waals surface area contributed by atoms with Crippen LogP contribution in [0, 0.1) is 11.3 Å². The first-order chi connectivity index (χ1) is 8.38. The Morgan fingerprint density at radius 1 is 1.35 bits per heavy atom. The van der Waals surface area contributed by atoms with Crippen LogP contribution in [-0.4, -0.2) is 20.2 Å². The molecule has 0 radical (unpaired) electrons. The topological polar surface area (TPSA) is 67.4 Å². The molecule has 17 heavy (non-hydrogen) atoms. The molecular formula is C12H11N5. The van der Waals surface area contributed by atoms with Gasteiger partial charge in [0.25, 0.3) is 0 Å². The third-order valence-electron chi connectivity index (χ3n) is 2.96. The summed E-state index contributed by atoms with van der Waals surface area (Å²) in [6.45, 7) is 0.572. The molecule has 1 aromatic carbocycles. The second-order valence-electron chi connectivity index (χ2n) is 4.24. The first-order valence-corrected chi connectivity index (χ1v) is 5.62. The zero-order valence-corrected chi connectivity index (χ0v) is 9.24. The number of hydrogen-bond acceptors (Lipinski definition) is 4. The van der Waals surface area contributed by atoms with Gasteiger partial charge in [-0.1, -0.05) is 18.2 Å². The first-order valence-electron chi connectivity index (χ1n) is 5.62. The Bertz CT molecular complexity index is 577. The highest BCUT2D eigenvalue weighted by Crippen LogP contribution is 2.38. The van der Waals surface area contributed by atoms with E-state index in [0.29, 0.717) is 18.0 Å². The van der Waals surface area contributed by atoms with Gasteiger partial charge in [-0.2, -0.15) is 5.26 Å². The molecule has 0 aliphatic heterocycles. The van der Waals surface area contributed by atoms with E-state index in [4.69, 9.17) is 5.26 Å². The quantitative estimate of drug-likeness (QED) is 0.793. The summed E-state index contributed by atoms with van der Waals surface area (Å²) in [6.07, 6.45) is 2.33. The van der Waals surface area contributed by atoms with E-state index in [1.807, 2.05) is 24.3 Å². The van der Waals surface area contributed by atoms with Gasteiger partial charge in [-0.3, -0.25) is 0 Å². The summed E-state index contributed by atoms with van der Waals surface area (Å²) in [5.41, 5.74) is 1.65. The van der Waals surface area contributed by atoms with Crippen LogP contribution in [-0.2, 0) is 6.54 Å². The summed E-state index contributed by atoms with van der Waals surface area (Å²) in [5, 5.41) is 20.8. The lowest BCUT2D eigenvalue weighted by Crippen LogP contribution is -2.07. The van der Waals surface area contributed by atoms with E-state index in [9.17, 15) is 0 Å². The molecule has 1 heterocycles. The number of nitriles is 1. The van der Waals surface area contributed by atoms with E-state index < -0.39 is 0 Å². The Morgan fingerprint density at radius 3 is 2.94 bits per heavy atom. The van der Waals surface area contributed by atoms with Gasteiger partial charge >= 0.3 is 0 Å². The van der Waals surface area contributed by atoms with Crippen molar-refractivity contribution in [2.45, 2.75) is 25.3 Å². The number of rotatable bonds is 3. The maximum atomic E-state index is 9.03. The van der Waals surface area contributed by atoms with E-state index in [-0.39, 0.29) is 0 Å². The van der Waals surface area contributed by atoms with Crippen LogP contribution < -0.4 is 0 Å². The summed E-state index contributed by atoms with van der Waals surface area (Å²) in [4.78, 5) is 0. The Balaban J connectivity index is 1.91. The van der Waals surface area contributed by atoms with Crippen molar-refractivity contribution in [3.05, 3.63) is 41.2 Å². The number of benzene rings is 1. The van der Waals surface area contributed by atoms with Gasteiger partial charge in [-0.15, -0.1) is 5.10 Å². The molecule has 1 fully saturated rings. The molecule has 5 nitrogen and oxygen atoms in total. The molecule has 2 aromatic rings. The normalized spacial score (nSPS) is 14.5. The Hall–Kier alpha value is -2.22. The fraction of sp³-hybridized carbons (Fsp3) is 0.333. The minimum absolute atomic E-state index is 0.513. The van der Waals surface area contributed by atoms with Crippen molar-refractivity contribution in [3.63, 3.8) is 0 Å². The van der Waals surface area contributed by atoms with Gasteiger partial charge in [0.05, 0.1) is 18.2 Å². The standard InChI is InChI=1S/C12H11N5/c13-7-10-3-1-2-4-11(10)8-17-12(9-5-6-9)14-15-16-17/h1-4,9H,5-6,8H2. The molecular weight excluding hydrogens is 214 g/mol. The minimum Gasteiger partial charge on any atom is -0.225 e. The molecule has 0 spiro atoms. The Morgan fingerprint density at radius 2 is 2.18 bits per heavy atom. The monoisotopic (exact) mass is 225 g/mol. The molecule has 1 aromatic heterocycles. The van der Waals surface area contributed by atoms with E-state index >= 15 is 0 Å². The lowest BCUT2D eigenvalue weighted by atomic mass is 10.1. The molecule has 3 rings (SSSR count). The molecule has 0 unspecified atom stereocenters. The SMILES string of the molecule is N#Cc1ccccc1Cn1nnnc1C1CC1. The maximum Gasteiger partial charge on any atom is 0.154 e. The van der Waals surface area contributed by atoms with Crippen LogP contribution in [0.1, 0.15) is 35.7 Å². The predicted octanol–water partition coefficient (Wildman–Crippen LogP) is 1.47. The van der Waals surface area contributed by atoms with Gasteiger partial charge in [-0.25, -0.2) is 4.68 Å². The Kier molecular flexibility index (Phi) is 2.33. The third kappa shape index (κ3) is 1.89. The van der Waals surface area contributed by atoms with Crippen LogP contribution in [0.3, 0.4) is 0 Å². The zero-order valence-electron chi connectivity index (χ0n) is 9.24. The molecule has 0 N–H and O–H groups in total. The third-order valence-corrected chi connectivity index (χ3v) is 2.96. The lowest BCUT2D eigenvalue weighted by molar-refractivity contribution is 0.618. The summed E-state index contributed by atoms with van der Waals surface area (Å²) in [6, 6.07) is 9.74. The Labute approximate surface area is 98.7 Å². The maximum absolute atomic E-state index is 9.03. The van der Waals surface area contributed by atoms with Crippen molar-refractivity contribution in [3.8, 4) is 6.07 Å². The fourth-order valence-electron chi connectivity index (χ4n) is 1.89. The van der Waals surface area contributed by atoms with E-state index in [1.165, 1.54) is 12.8 Å². The van der Waals surface area contributed by atoms with E-state index in [2.05, 4.69) is 21.6 Å². The van der Waals surface area contributed by atoms with E-state index in [0.717, 1.165) is 11.4 Å². The average Bonchev–Trinajstić information content (AvgIpc) is 3.11. The van der Waals surface area contributed by atoms with Gasteiger partial charge < -0.3 is 0 Å². The van der Waals surface area contributed by atoms with Crippen molar-refractivity contribution < 1.29 is 0 Å². The first kappa shape index (κ1) is 9.97. The van der Waals surface area contributed by atoms with Crippen LogP contribution in [0.2, 0.25) is 0 Å². The van der Waals surface area contributed by atoms with Crippen LogP contribution in [0.25, 0.3) is 0 Å². The second kappa shape index (κ2) is 3.98. The van der Waals surface area contributed by atoms with Crippen molar-refractivity contribution in [2.75, 3.05) is 0 Å². The molecule has 5 heteroatoms. The summed E-state index contributed by atoms with van der Waals surface area (Å²) in [5.74, 6) is 1.46. The van der Waals surface area contributed by atoms with E-state index in [1.54, 1.807) is 4.68 Å². The molecule has 1 saturated carbocycles. The molecule has 1 aliphatic carbocycles. The fourth-order valence-corrected chi connectivity index (χ4v) is 1.89. The van der Waals surface area contributed by atoms with Crippen molar-refractivity contribution in [2.24, 2.45) is 0 Å². The highest BCUT2D eigenvalue weighted by Gasteiger charge is 2.29. The largest absolute Gasteiger partial charge is 0.225 e. The van der Waals surface area contributed by atoms with Gasteiger partial charge in [0.1, 0.15) is 0 Å². The number of tetrazole rings is 1. The van der Waals surface area contributed by atoms with Crippen molar-refractivity contribution in [1.82, 2.24) is 20.2 Å². The molecule has 0 amide bonds. The lowest BCUT2D eigenvalue weighted by Gasteiger charge is -2.05. The predicted molar refractivity (Wildman–Crippen MR) is 60.1 cm³/mol. The highest BCUT2D eigenvalue weighted by atomic mass is 15.5. The number of nitrogens with zero attached hydrogens (tertiary/aromatic N) is 5. The zero-order chi connectivity index (χ0) is 11.7. The van der Waals surface area contributed by atoms with Crippen LogP contribution >= 0.6 is 0 Å². The average molecular weight is 225 g/mol.